The number of aromatic nitrogens is 2. The van der Waals surface area contributed by atoms with Crippen LogP contribution in [0.4, 0.5) is 0 Å². The van der Waals surface area contributed by atoms with Gasteiger partial charge in [-0.3, -0.25) is 9.48 Å². The average molecular weight is 402 g/mol. The van der Waals surface area contributed by atoms with Crippen LogP contribution in [0.1, 0.15) is 34.6 Å². The highest BCUT2D eigenvalue weighted by Gasteiger charge is 2.32. The van der Waals surface area contributed by atoms with E-state index < -0.39 is 0 Å². The SMILES string of the molecule is C=CC1=C(C=C)c2c(c(C(=O)N3CCOCC3)nn2CC2CCOCC2)CS1. The molecule has 4 rings (SSSR count). The van der Waals surface area contributed by atoms with Crippen molar-refractivity contribution in [3.63, 3.8) is 0 Å². The molecule has 0 spiro atoms. The zero-order valence-electron chi connectivity index (χ0n) is 16.2. The normalized spacial score (nSPS) is 20.8. The van der Waals surface area contributed by atoms with Crippen LogP contribution in [0.5, 0.6) is 0 Å². The summed E-state index contributed by atoms with van der Waals surface area (Å²) in [6.07, 6.45) is 5.79. The van der Waals surface area contributed by atoms with Crippen molar-refractivity contribution in [3.05, 3.63) is 47.2 Å². The summed E-state index contributed by atoms with van der Waals surface area (Å²) in [4.78, 5) is 16.2. The minimum atomic E-state index is 0.0105. The van der Waals surface area contributed by atoms with Gasteiger partial charge >= 0.3 is 0 Å². The van der Waals surface area contributed by atoms with Crippen LogP contribution in [0.25, 0.3) is 5.57 Å². The van der Waals surface area contributed by atoms with Gasteiger partial charge in [-0.2, -0.15) is 5.10 Å². The molecule has 150 valence electrons. The molecule has 3 aliphatic rings. The number of thioether (sulfide) groups is 1. The molecule has 0 N–H and O–H groups in total. The highest BCUT2D eigenvalue weighted by molar-refractivity contribution is 8.02. The molecule has 7 heteroatoms. The van der Waals surface area contributed by atoms with Crippen LogP contribution in [0.3, 0.4) is 0 Å². The van der Waals surface area contributed by atoms with E-state index in [2.05, 4.69) is 13.2 Å². The van der Waals surface area contributed by atoms with Gasteiger partial charge in [0.05, 0.1) is 18.9 Å². The Bertz CT molecular complexity index is 802. The molecule has 4 heterocycles. The number of morpholine rings is 1. The van der Waals surface area contributed by atoms with Crippen molar-refractivity contribution < 1.29 is 14.3 Å². The van der Waals surface area contributed by atoms with Crippen molar-refractivity contribution in [1.82, 2.24) is 14.7 Å². The molecule has 0 atom stereocenters. The first-order valence-electron chi connectivity index (χ1n) is 9.89. The molecule has 0 saturated carbocycles. The van der Waals surface area contributed by atoms with Crippen LogP contribution in [0.2, 0.25) is 0 Å². The van der Waals surface area contributed by atoms with Crippen molar-refractivity contribution in [1.29, 1.82) is 0 Å². The summed E-state index contributed by atoms with van der Waals surface area (Å²) in [5.74, 6) is 1.25. The molecule has 3 aliphatic heterocycles. The van der Waals surface area contributed by atoms with Crippen molar-refractivity contribution in [2.24, 2.45) is 5.92 Å². The Morgan fingerprint density at radius 1 is 1.14 bits per heavy atom. The van der Waals surface area contributed by atoms with E-state index >= 15 is 0 Å². The first-order valence-corrected chi connectivity index (χ1v) is 10.9. The maximum absolute atomic E-state index is 13.2. The molecule has 0 bridgehead atoms. The van der Waals surface area contributed by atoms with Crippen molar-refractivity contribution >= 4 is 23.2 Å². The van der Waals surface area contributed by atoms with Crippen LogP contribution in [0.15, 0.2) is 30.2 Å². The number of fused-ring (bicyclic) bond motifs is 1. The lowest BCUT2D eigenvalue weighted by molar-refractivity contribution is 0.0297. The van der Waals surface area contributed by atoms with E-state index in [1.54, 1.807) is 11.8 Å². The lowest BCUT2D eigenvalue weighted by Crippen LogP contribution is -2.41. The first-order chi connectivity index (χ1) is 13.7. The van der Waals surface area contributed by atoms with Gasteiger partial charge in [-0.05, 0) is 18.8 Å². The van der Waals surface area contributed by atoms with Gasteiger partial charge in [-0.1, -0.05) is 25.3 Å². The zero-order chi connectivity index (χ0) is 19.5. The van der Waals surface area contributed by atoms with Crippen LogP contribution in [-0.4, -0.2) is 60.1 Å². The van der Waals surface area contributed by atoms with Gasteiger partial charge < -0.3 is 14.4 Å². The fourth-order valence-corrected chi connectivity index (χ4v) is 5.07. The summed E-state index contributed by atoms with van der Waals surface area (Å²) in [6.45, 7) is 12.8. The van der Waals surface area contributed by atoms with E-state index in [4.69, 9.17) is 14.6 Å². The number of hydrogen-bond donors (Lipinski definition) is 0. The minimum absolute atomic E-state index is 0.0105. The molecular weight excluding hydrogens is 374 g/mol. The molecule has 0 aromatic carbocycles. The predicted octanol–water partition coefficient (Wildman–Crippen LogP) is 3.11. The third kappa shape index (κ3) is 3.71. The molecular formula is C21H27N3O3S. The number of amides is 1. The summed E-state index contributed by atoms with van der Waals surface area (Å²) in [5.41, 5.74) is 3.67. The Kier molecular flexibility index (Phi) is 6.04. The summed E-state index contributed by atoms with van der Waals surface area (Å²) in [7, 11) is 0. The summed E-state index contributed by atoms with van der Waals surface area (Å²) < 4.78 is 12.9. The first kappa shape index (κ1) is 19.5. The lowest BCUT2D eigenvalue weighted by Gasteiger charge is -2.26. The largest absolute Gasteiger partial charge is 0.381 e. The highest BCUT2D eigenvalue weighted by atomic mass is 32.2. The topological polar surface area (TPSA) is 56.6 Å². The Hall–Kier alpha value is -1.83. The Labute approximate surface area is 170 Å². The maximum atomic E-state index is 13.2. The fraction of sp³-hybridized carbons (Fsp3) is 0.524. The van der Waals surface area contributed by atoms with Gasteiger partial charge in [0.1, 0.15) is 0 Å². The third-order valence-electron chi connectivity index (χ3n) is 5.61. The van der Waals surface area contributed by atoms with Crippen molar-refractivity contribution in [2.45, 2.75) is 25.1 Å². The Morgan fingerprint density at radius 2 is 1.86 bits per heavy atom. The van der Waals surface area contributed by atoms with Gasteiger partial charge in [-0.25, -0.2) is 0 Å². The molecule has 28 heavy (non-hydrogen) atoms. The number of rotatable bonds is 5. The standard InChI is InChI=1S/C21H27N3O3S/c1-3-16-18(4-2)28-14-17-19(21(25)23-7-11-27-12-8-23)22-24(20(16)17)13-15-5-9-26-10-6-15/h3-4,15H,1-2,5-14H2. The second-order valence-electron chi connectivity index (χ2n) is 7.29. The van der Waals surface area contributed by atoms with Crippen LogP contribution in [0, 0.1) is 5.92 Å². The third-order valence-corrected chi connectivity index (χ3v) is 6.74. The molecule has 1 amide bonds. The number of carbonyl (C=O) groups excluding carboxylic acids is 1. The highest BCUT2D eigenvalue weighted by Crippen LogP contribution is 2.41. The fourth-order valence-electron chi connectivity index (χ4n) is 4.04. The summed E-state index contributed by atoms with van der Waals surface area (Å²) in [6, 6.07) is 0. The van der Waals surface area contributed by atoms with Crippen molar-refractivity contribution in [2.75, 3.05) is 39.5 Å². The quantitative estimate of drug-likeness (QED) is 0.759. The van der Waals surface area contributed by atoms with E-state index in [9.17, 15) is 4.79 Å². The monoisotopic (exact) mass is 401 g/mol. The molecule has 0 radical (unpaired) electrons. The number of nitrogens with zero attached hydrogens (tertiary/aromatic N) is 3. The van der Waals surface area contributed by atoms with E-state index in [0.29, 0.717) is 37.9 Å². The average Bonchev–Trinajstić information content (AvgIpc) is 3.12. The molecule has 2 saturated heterocycles. The number of hydrogen-bond acceptors (Lipinski definition) is 5. The lowest BCUT2D eigenvalue weighted by atomic mass is 9.99. The second kappa shape index (κ2) is 8.68. The second-order valence-corrected chi connectivity index (χ2v) is 8.31. The summed E-state index contributed by atoms with van der Waals surface area (Å²) in [5, 5.41) is 4.84. The van der Waals surface area contributed by atoms with Gasteiger partial charge in [0.15, 0.2) is 5.69 Å². The zero-order valence-corrected chi connectivity index (χ0v) is 17.0. The molecule has 6 nitrogen and oxygen atoms in total. The predicted molar refractivity (Wildman–Crippen MR) is 111 cm³/mol. The molecule has 1 aromatic rings. The van der Waals surface area contributed by atoms with Crippen LogP contribution >= 0.6 is 11.8 Å². The summed E-state index contributed by atoms with van der Waals surface area (Å²) >= 11 is 1.70. The smallest absolute Gasteiger partial charge is 0.274 e. The van der Waals surface area contributed by atoms with Crippen LogP contribution < -0.4 is 0 Å². The Balaban J connectivity index is 1.73. The molecule has 0 aliphatic carbocycles. The number of carbonyl (C=O) groups is 1. The van der Waals surface area contributed by atoms with E-state index in [-0.39, 0.29) is 5.91 Å². The number of allylic oxidation sites excluding steroid dienone is 3. The molecule has 1 aromatic heterocycles. The van der Waals surface area contributed by atoms with Gasteiger partial charge in [0.2, 0.25) is 0 Å². The molecule has 0 unspecified atom stereocenters. The van der Waals surface area contributed by atoms with E-state index in [1.807, 2.05) is 21.7 Å². The van der Waals surface area contributed by atoms with Crippen LogP contribution in [-0.2, 0) is 21.8 Å². The van der Waals surface area contributed by atoms with E-state index in [1.165, 1.54) is 0 Å². The minimum Gasteiger partial charge on any atom is -0.381 e. The van der Waals surface area contributed by atoms with Crippen molar-refractivity contribution in [3.8, 4) is 0 Å². The molecule has 2 fully saturated rings. The van der Waals surface area contributed by atoms with E-state index in [0.717, 1.165) is 60.1 Å². The maximum Gasteiger partial charge on any atom is 0.274 e. The van der Waals surface area contributed by atoms with Gasteiger partial charge in [0.25, 0.3) is 5.91 Å². The van der Waals surface area contributed by atoms with Gasteiger partial charge in [-0.15, -0.1) is 11.8 Å². The number of ether oxygens (including phenoxy) is 2. The Morgan fingerprint density at radius 3 is 2.54 bits per heavy atom. The van der Waals surface area contributed by atoms with Gasteiger partial charge in [0, 0.05) is 54.6 Å².